The number of nitrogens with zero attached hydrogens (tertiary/aromatic N) is 1. The summed E-state index contributed by atoms with van der Waals surface area (Å²) < 4.78 is 23.7. The summed E-state index contributed by atoms with van der Waals surface area (Å²) in [4.78, 5) is 16.7. The number of rotatable bonds is 2. The van der Waals surface area contributed by atoms with E-state index in [-0.39, 0.29) is 5.41 Å². The molecule has 0 aromatic carbocycles. The molecule has 0 atom stereocenters. The molecule has 0 radical (unpaired) electrons. The van der Waals surface area contributed by atoms with Gasteiger partial charge in [0.25, 0.3) is 10.2 Å². The molecule has 1 heterocycles. The lowest BCUT2D eigenvalue weighted by atomic mass is 9.90. The molecular weight excluding hydrogens is 304 g/mol. The number of hydrogen-bond acceptors (Lipinski definition) is 4. The van der Waals surface area contributed by atoms with E-state index in [1.165, 1.54) is 0 Å². The van der Waals surface area contributed by atoms with Crippen LogP contribution in [0.25, 0.3) is 0 Å². The lowest BCUT2D eigenvalue weighted by molar-refractivity contribution is 0.256. The Morgan fingerprint density at radius 1 is 1.23 bits per heavy atom. The van der Waals surface area contributed by atoms with Crippen LogP contribution in [-0.2, 0) is 34.9 Å². The zero-order valence-corrected chi connectivity index (χ0v) is 13.5. The van der Waals surface area contributed by atoms with Crippen molar-refractivity contribution in [3.8, 4) is 0 Å². The van der Waals surface area contributed by atoms with Crippen LogP contribution in [0.15, 0.2) is 0 Å². The number of hydrogen-bond donors (Lipinski definition) is 3. The minimum absolute atomic E-state index is 0.0280. The number of carbonyl (C=O) groups excluding carboxylic acids is 1. The van der Waals surface area contributed by atoms with Gasteiger partial charge in [-0.05, 0) is 43.2 Å². The van der Waals surface area contributed by atoms with Crippen LogP contribution in [0.3, 0.4) is 0 Å². The molecule has 0 spiro atoms. The molecule has 0 saturated carbocycles. The van der Waals surface area contributed by atoms with Gasteiger partial charge in [-0.25, -0.2) is 14.7 Å². The first-order valence-corrected chi connectivity index (χ1v) is 8.89. The summed E-state index contributed by atoms with van der Waals surface area (Å²) in [5, 5.41) is 7.53. The molecule has 4 N–H and O–H groups in total. The third-order valence-electron chi connectivity index (χ3n) is 4.44. The summed E-state index contributed by atoms with van der Waals surface area (Å²) in [6.07, 6.45) is 4.53. The molecule has 2 amide bonds. The van der Waals surface area contributed by atoms with Crippen molar-refractivity contribution in [3.05, 3.63) is 22.5 Å². The van der Waals surface area contributed by atoms with Crippen molar-refractivity contribution >= 4 is 21.9 Å². The van der Waals surface area contributed by atoms with Gasteiger partial charge in [-0.15, -0.1) is 0 Å². The van der Waals surface area contributed by atoms with E-state index in [9.17, 15) is 13.2 Å². The average Bonchev–Trinajstić information content (AvgIpc) is 2.92. The van der Waals surface area contributed by atoms with Crippen molar-refractivity contribution < 1.29 is 13.2 Å². The largest absolute Gasteiger partial charge is 0.333 e. The van der Waals surface area contributed by atoms with E-state index in [0.717, 1.165) is 60.3 Å². The number of nitrogens with one attached hydrogen (secondary N) is 2. The number of aromatic nitrogens is 1. The Morgan fingerprint density at radius 3 is 2.64 bits per heavy atom. The lowest BCUT2D eigenvalue weighted by Crippen LogP contribution is -2.39. The van der Waals surface area contributed by atoms with Crippen molar-refractivity contribution in [1.82, 2.24) is 9.71 Å². The second-order valence-electron chi connectivity index (χ2n) is 6.58. The molecule has 2 aliphatic rings. The van der Waals surface area contributed by atoms with Crippen LogP contribution >= 0.6 is 0 Å². The number of urea groups is 1. The van der Waals surface area contributed by atoms with E-state index >= 15 is 0 Å². The fraction of sp³-hybridized carbons (Fsp3) is 0.571. The van der Waals surface area contributed by atoms with Crippen molar-refractivity contribution in [3.63, 3.8) is 0 Å². The highest BCUT2D eigenvalue weighted by atomic mass is 32.2. The molecule has 3 rings (SSSR count). The molecule has 120 valence electrons. The topological polar surface area (TPSA) is 114 Å². The Bertz CT molecular complexity index is 756. The van der Waals surface area contributed by atoms with Gasteiger partial charge in [0.05, 0.1) is 11.4 Å². The normalized spacial score (nSPS) is 18.7. The summed E-state index contributed by atoms with van der Waals surface area (Å²) in [6.45, 7) is 4.28. The first-order chi connectivity index (χ1) is 10.2. The first-order valence-electron chi connectivity index (χ1n) is 7.34. The molecule has 7 nitrogen and oxygen atoms in total. The molecule has 2 aliphatic carbocycles. The van der Waals surface area contributed by atoms with Crippen LogP contribution in [0.4, 0.5) is 10.5 Å². The van der Waals surface area contributed by atoms with E-state index < -0.39 is 16.2 Å². The smallest absolute Gasteiger partial charge is 0.306 e. The summed E-state index contributed by atoms with van der Waals surface area (Å²) in [5.74, 6) is 0. The molecule has 22 heavy (non-hydrogen) atoms. The van der Waals surface area contributed by atoms with Crippen molar-refractivity contribution in [2.24, 2.45) is 5.14 Å². The van der Waals surface area contributed by atoms with Gasteiger partial charge in [0.15, 0.2) is 0 Å². The minimum atomic E-state index is -4.07. The quantitative estimate of drug-likeness (QED) is 0.756. The Hall–Kier alpha value is -1.67. The number of amides is 2. The maximum Gasteiger partial charge on any atom is 0.333 e. The monoisotopic (exact) mass is 324 g/mol. The maximum atomic E-state index is 11.9. The second-order valence-corrected chi connectivity index (χ2v) is 7.87. The highest BCUT2D eigenvalue weighted by molar-refractivity contribution is 7.87. The molecule has 1 aromatic heterocycles. The molecule has 0 bridgehead atoms. The standard InChI is InChI=1S/C14H20N4O3S/c1-14(2)7-6-9-11(17-13(19)18-22(15,20)21)8-4-3-5-10(8)16-12(9)14/h3-7H2,1-2H3,(H2,15,20,21)(H2,16,17,18,19). The zero-order valence-electron chi connectivity index (χ0n) is 12.7. The highest BCUT2D eigenvalue weighted by Crippen LogP contribution is 2.44. The molecule has 8 heteroatoms. The number of anilines is 1. The molecular formula is C14H20N4O3S. The van der Waals surface area contributed by atoms with E-state index in [2.05, 4.69) is 19.2 Å². The van der Waals surface area contributed by atoms with Crippen molar-refractivity contribution in [2.75, 3.05) is 5.32 Å². The third kappa shape index (κ3) is 2.68. The number of nitrogens with two attached hydrogens (primary N) is 1. The average molecular weight is 324 g/mol. The number of pyridine rings is 1. The lowest BCUT2D eigenvalue weighted by Gasteiger charge is -2.20. The van der Waals surface area contributed by atoms with Crippen LogP contribution < -0.4 is 15.2 Å². The predicted octanol–water partition coefficient (Wildman–Crippen LogP) is 1.12. The predicted molar refractivity (Wildman–Crippen MR) is 82.9 cm³/mol. The molecule has 0 saturated heterocycles. The summed E-state index contributed by atoms with van der Waals surface area (Å²) in [6, 6.07) is -0.824. The van der Waals surface area contributed by atoms with Gasteiger partial charge >= 0.3 is 6.03 Å². The van der Waals surface area contributed by atoms with Crippen molar-refractivity contribution in [1.29, 1.82) is 0 Å². The second kappa shape index (κ2) is 4.92. The Kier molecular flexibility index (Phi) is 3.41. The Labute approximate surface area is 129 Å². The zero-order chi connectivity index (χ0) is 16.1. The summed E-state index contributed by atoms with van der Waals surface area (Å²) in [5.41, 5.74) is 4.78. The van der Waals surface area contributed by atoms with Gasteiger partial charge in [0.2, 0.25) is 0 Å². The summed E-state index contributed by atoms with van der Waals surface area (Å²) >= 11 is 0. The van der Waals surface area contributed by atoms with Crippen molar-refractivity contribution in [2.45, 2.75) is 51.4 Å². The van der Waals surface area contributed by atoms with E-state index in [1.807, 2.05) is 0 Å². The molecule has 0 unspecified atom stereocenters. The van der Waals surface area contributed by atoms with Crippen LogP contribution in [0.2, 0.25) is 0 Å². The Morgan fingerprint density at radius 2 is 1.95 bits per heavy atom. The van der Waals surface area contributed by atoms with Crippen LogP contribution in [0.5, 0.6) is 0 Å². The fourth-order valence-electron chi connectivity index (χ4n) is 3.40. The van der Waals surface area contributed by atoms with E-state index in [0.29, 0.717) is 0 Å². The van der Waals surface area contributed by atoms with E-state index in [4.69, 9.17) is 10.1 Å². The molecule has 1 aromatic rings. The first kappa shape index (κ1) is 15.2. The third-order valence-corrected chi connectivity index (χ3v) is 4.91. The van der Waals surface area contributed by atoms with Crippen LogP contribution in [0.1, 0.15) is 49.2 Å². The minimum Gasteiger partial charge on any atom is -0.306 e. The fourth-order valence-corrected chi connectivity index (χ4v) is 3.71. The number of carbonyl (C=O) groups is 1. The van der Waals surface area contributed by atoms with Crippen LogP contribution in [0, 0.1) is 0 Å². The SMILES string of the molecule is CC1(C)CCc2c1nc1c(c2NC(=O)NS(N)(=O)=O)CCC1. The number of fused-ring (bicyclic) bond motifs is 2. The number of aryl methyl sites for hydroxylation is 1. The van der Waals surface area contributed by atoms with Crippen LogP contribution in [-0.4, -0.2) is 19.4 Å². The maximum absolute atomic E-state index is 11.9. The van der Waals surface area contributed by atoms with Gasteiger partial charge in [-0.3, -0.25) is 4.98 Å². The highest BCUT2D eigenvalue weighted by Gasteiger charge is 2.36. The van der Waals surface area contributed by atoms with Gasteiger partial charge in [-0.2, -0.15) is 8.42 Å². The van der Waals surface area contributed by atoms with Gasteiger partial charge < -0.3 is 5.32 Å². The van der Waals surface area contributed by atoms with Gasteiger partial charge in [0, 0.05) is 11.1 Å². The van der Waals surface area contributed by atoms with Gasteiger partial charge in [0.1, 0.15) is 0 Å². The van der Waals surface area contributed by atoms with E-state index in [1.54, 1.807) is 4.72 Å². The Balaban J connectivity index is 2.03. The van der Waals surface area contributed by atoms with Gasteiger partial charge in [-0.1, -0.05) is 13.8 Å². The molecule has 0 fully saturated rings. The summed E-state index contributed by atoms with van der Waals surface area (Å²) in [7, 11) is -4.07. The molecule has 0 aliphatic heterocycles.